The van der Waals surface area contributed by atoms with Gasteiger partial charge >= 0.3 is 24.2 Å². The van der Waals surface area contributed by atoms with Crippen LogP contribution in [0.2, 0.25) is 0 Å². The number of carbonyl (C=O) groups is 1. The molecule has 11 heteroatoms. The Hall–Kier alpha value is -1.39. The van der Waals surface area contributed by atoms with Crippen molar-refractivity contribution in [3.63, 3.8) is 0 Å². The smallest absolute Gasteiger partial charge is 0.431 e. The molecular formula is C11H10F8O3. The molecule has 1 rings (SSSR count). The van der Waals surface area contributed by atoms with Crippen molar-refractivity contribution in [3.05, 3.63) is 12.2 Å². The van der Waals surface area contributed by atoms with Crippen LogP contribution in [0.15, 0.2) is 12.2 Å². The zero-order valence-corrected chi connectivity index (χ0v) is 10.7. The molecule has 128 valence electrons. The van der Waals surface area contributed by atoms with Crippen LogP contribution < -0.4 is 0 Å². The van der Waals surface area contributed by atoms with E-state index in [0.717, 1.165) is 0 Å². The molecule has 2 atom stereocenters. The van der Waals surface area contributed by atoms with Gasteiger partial charge in [0.15, 0.2) is 0 Å². The van der Waals surface area contributed by atoms with Crippen molar-refractivity contribution in [1.29, 1.82) is 0 Å². The standard InChI is InChI=1S/C11H10F8O3/c1-5(10(14,15)16)7(20)22-8(11(17,18)19)9(12,13)6-3-2-4-21-6/h6,8H,1-4H2. The molecule has 22 heavy (non-hydrogen) atoms. The van der Waals surface area contributed by atoms with Gasteiger partial charge in [0, 0.05) is 6.61 Å². The Morgan fingerprint density at radius 3 is 2.05 bits per heavy atom. The molecule has 2 unspecified atom stereocenters. The molecule has 0 aliphatic carbocycles. The predicted octanol–water partition coefficient (Wildman–Crippen LogP) is 3.39. The number of rotatable bonds is 4. The van der Waals surface area contributed by atoms with Crippen LogP contribution in [0.4, 0.5) is 35.1 Å². The summed E-state index contributed by atoms with van der Waals surface area (Å²) in [7, 11) is 0. The lowest BCUT2D eigenvalue weighted by Gasteiger charge is -2.31. The van der Waals surface area contributed by atoms with E-state index in [-0.39, 0.29) is 13.0 Å². The maximum atomic E-state index is 13.8. The van der Waals surface area contributed by atoms with Gasteiger partial charge in [-0.25, -0.2) is 4.79 Å². The summed E-state index contributed by atoms with van der Waals surface area (Å²) >= 11 is 0. The fourth-order valence-corrected chi connectivity index (χ4v) is 1.71. The van der Waals surface area contributed by atoms with E-state index >= 15 is 0 Å². The molecule has 0 radical (unpaired) electrons. The van der Waals surface area contributed by atoms with Gasteiger partial charge in [-0.1, -0.05) is 6.58 Å². The van der Waals surface area contributed by atoms with Crippen LogP contribution in [0, 0.1) is 0 Å². The topological polar surface area (TPSA) is 35.5 Å². The van der Waals surface area contributed by atoms with Gasteiger partial charge in [-0.15, -0.1) is 0 Å². The van der Waals surface area contributed by atoms with Crippen LogP contribution in [-0.2, 0) is 14.3 Å². The molecule has 0 amide bonds. The molecule has 0 spiro atoms. The maximum absolute atomic E-state index is 13.8. The first kappa shape index (κ1) is 18.7. The highest BCUT2D eigenvalue weighted by Gasteiger charge is 2.63. The normalized spacial score (nSPS) is 21.5. The van der Waals surface area contributed by atoms with Gasteiger partial charge in [-0.3, -0.25) is 0 Å². The molecule has 0 aromatic heterocycles. The summed E-state index contributed by atoms with van der Waals surface area (Å²) in [6, 6.07) is 0. The average molecular weight is 342 g/mol. The summed E-state index contributed by atoms with van der Waals surface area (Å²) in [5.41, 5.74) is -2.31. The van der Waals surface area contributed by atoms with E-state index in [0.29, 0.717) is 0 Å². The zero-order chi connectivity index (χ0) is 17.3. The number of carbonyl (C=O) groups excluding carboxylic acids is 1. The first-order chi connectivity index (χ1) is 9.78. The van der Waals surface area contributed by atoms with Crippen molar-refractivity contribution in [2.24, 2.45) is 0 Å². The molecule has 0 aromatic rings. The quantitative estimate of drug-likeness (QED) is 0.446. The van der Waals surface area contributed by atoms with E-state index in [2.05, 4.69) is 16.1 Å². The van der Waals surface area contributed by atoms with Crippen molar-refractivity contribution < 1.29 is 49.4 Å². The minimum atomic E-state index is -5.78. The van der Waals surface area contributed by atoms with Gasteiger partial charge in [0.1, 0.15) is 11.7 Å². The van der Waals surface area contributed by atoms with Gasteiger partial charge < -0.3 is 9.47 Å². The van der Waals surface area contributed by atoms with E-state index < -0.39 is 48.4 Å². The van der Waals surface area contributed by atoms with Crippen LogP contribution in [0.5, 0.6) is 0 Å². The fraction of sp³-hybridized carbons (Fsp3) is 0.727. The Bertz CT molecular complexity index is 434. The largest absolute Gasteiger partial charge is 0.442 e. The van der Waals surface area contributed by atoms with Gasteiger partial charge in [0.2, 0.25) is 0 Å². The summed E-state index contributed by atoms with van der Waals surface area (Å²) < 4.78 is 110. The van der Waals surface area contributed by atoms with Gasteiger partial charge in [-0.05, 0) is 12.8 Å². The first-order valence-corrected chi connectivity index (χ1v) is 5.81. The monoisotopic (exact) mass is 342 g/mol. The van der Waals surface area contributed by atoms with E-state index in [4.69, 9.17) is 0 Å². The maximum Gasteiger partial charge on any atom is 0.431 e. The Balaban J connectivity index is 3.00. The van der Waals surface area contributed by atoms with Crippen molar-refractivity contribution in [2.45, 2.75) is 43.3 Å². The Morgan fingerprint density at radius 2 is 1.68 bits per heavy atom. The molecule has 0 saturated carbocycles. The summed E-state index contributed by atoms with van der Waals surface area (Å²) in [6.07, 6.45) is -17.8. The second-order valence-corrected chi connectivity index (χ2v) is 4.48. The Morgan fingerprint density at radius 1 is 1.14 bits per heavy atom. The summed E-state index contributed by atoms with van der Waals surface area (Å²) in [5, 5.41) is 0. The van der Waals surface area contributed by atoms with Crippen molar-refractivity contribution in [3.8, 4) is 0 Å². The summed E-state index contributed by atoms with van der Waals surface area (Å²) in [6.45, 7) is 1.97. The zero-order valence-electron chi connectivity index (χ0n) is 10.7. The van der Waals surface area contributed by atoms with Crippen molar-refractivity contribution in [1.82, 2.24) is 0 Å². The van der Waals surface area contributed by atoms with Crippen LogP contribution in [0.1, 0.15) is 12.8 Å². The highest BCUT2D eigenvalue weighted by molar-refractivity contribution is 5.89. The van der Waals surface area contributed by atoms with Crippen LogP contribution >= 0.6 is 0 Å². The van der Waals surface area contributed by atoms with E-state index in [9.17, 15) is 39.9 Å². The number of alkyl halides is 8. The third kappa shape index (κ3) is 4.08. The lowest BCUT2D eigenvalue weighted by molar-refractivity contribution is -0.296. The highest BCUT2D eigenvalue weighted by Crippen LogP contribution is 2.41. The Labute approximate surface area is 118 Å². The van der Waals surface area contributed by atoms with Gasteiger partial charge in [0.05, 0.1) is 0 Å². The lowest BCUT2D eigenvalue weighted by Crippen LogP contribution is -2.54. The lowest BCUT2D eigenvalue weighted by atomic mass is 10.0. The number of hydrogen-bond donors (Lipinski definition) is 0. The third-order valence-corrected chi connectivity index (χ3v) is 2.82. The molecule has 1 saturated heterocycles. The highest BCUT2D eigenvalue weighted by atomic mass is 19.4. The first-order valence-electron chi connectivity index (χ1n) is 5.81. The molecule has 0 bridgehead atoms. The van der Waals surface area contributed by atoms with Crippen LogP contribution in [0.25, 0.3) is 0 Å². The average Bonchev–Trinajstić information content (AvgIpc) is 2.86. The van der Waals surface area contributed by atoms with Crippen LogP contribution in [-0.4, -0.2) is 43.1 Å². The van der Waals surface area contributed by atoms with Crippen LogP contribution in [0.3, 0.4) is 0 Å². The van der Waals surface area contributed by atoms with E-state index in [1.54, 1.807) is 0 Å². The number of ether oxygens (including phenoxy) is 2. The molecule has 0 N–H and O–H groups in total. The van der Waals surface area contributed by atoms with Gasteiger partial charge in [-0.2, -0.15) is 35.1 Å². The minimum Gasteiger partial charge on any atom is -0.442 e. The van der Waals surface area contributed by atoms with Gasteiger partial charge in [0.25, 0.3) is 6.10 Å². The number of hydrogen-bond acceptors (Lipinski definition) is 3. The molecule has 1 aliphatic rings. The second-order valence-electron chi connectivity index (χ2n) is 4.48. The second kappa shape index (κ2) is 6.01. The summed E-state index contributed by atoms with van der Waals surface area (Å²) in [5.74, 6) is -7.34. The van der Waals surface area contributed by atoms with Crippen molar-refractivity contribution in [2.75, 3.05) is 6.61 Å². The third-order valence-electron chi connectivity index (χ3n) is 2.82. The number of halogens is 8. The predicted molar refractivity (Wildman–Crippen MR) is 55.1 cm³/mol. The van der Waals surface area contributed by atoms with Crippen molar-refractivity contribution >= 4 is 5.97 Å². The van der Waals surface area contributed by atoms with E-state index in [1.165, 1.54) is 0 Å². The molecule has 0 aromatic carbocycles. The Kier molecular flexibility index (Phi) is 5.10. The molecular weight excluding hydrogens is 332 g/mol. The fourth-order valence-electron chi connectivity index (χ4n) is 1.71. The van der Waals surface area contributed by atoms with E-state index in [1.807, 2.05) is 0 Å². The SMILES string of the molecule is C=C(C(=O)OC(C(F)(F)F)C(F)(F)C1CCCO1)C(F)(F)F. The number of esters is 1. The molecule has 1 heterocycles. The molecule has 1 fully saturated rings. The minimum absolute atomic E-state index is 0.0496. The molecule has 3 nitrogen and oxygen atoms in total. The molecule has 1 aliphatic heterocycles. The summed E-state index contributed by atoms with van der Waals surface area (Å²) in [4.78, 5) is 11.0.